The smallest absolute Gasteiger partial charge is 0.358 e. The van der Waals surface area contributed by atoms with Crippen LogP contribution in [0.5, 0.6) is 0 Å². The minimum absolute atomic E-state index is 0.0134. The lowest BCUT2D eigenvalue weighted by Crippen LogP contribution is -2.07. The van der Waals surface area contributed by atoms with E-state index in [1.165, 1.54) is 18.4 Å². The highest BCUT2D eigenvalue weighted by molar-refractivity contribution is 9.11. The first-order valence-corrected chi connectivity index (χ1v) is 6.67. The number of methoxy groups -OCH3 is 1. The summed E-state index contributed by atoms with van der Waals surface area (Å²) in [6.45, 7) is 0. The second kappa shape index (κ2) is 5.21. The Bertz CT molecular complexity index is 617. The fraction of sp³-hybridized carbons (Fsp3) is 0.100. The summed E-state index contributed by atoms with van der Waals surface area (Å²) in [7, 11) is 1.25. The third-order valence-electron chi connectivity index (χ3n) is 2.06. The molecule has 0 saturated heterocycles. The SMILES string of the molecule is COC(=O)c1nc(-c2ncc(Br)s2)cc(N)c1Cl. The molecule has 2 aromatic rings. The van der Waals surface area contributed by atoms with Crippen LogP contribution in [0.4, 0.5) is 5.69 Å². The van der Waals surface area contributed by atoms with E-state index in [4.69, 9.17) is 17.3 Å². The van der Waals surface area contributed by atoms with Gasteiger partial charge in [0.2, 0.25) is 0 Å². The van der Waals surface area contributed by atoms with Crippen molar-refractivity contribution in [2.24, 2.45) is 0 Å². The molecule has 0 bridgehead atoms. The predicted octanol–water partition coefficient (Wildman–Crippen LogP) is 2.99. The first-order chi connectivity index (χ1) is 8.52. The molecule has 2 N–H and O–H groups in total. The van der Waals surface area contributed by atoms with Gasteiger partial charge in [-0.15, -0.1) is 11.3 Å². The quantitative estimate of drug-likeness (QED) is 0.844. The van der Waals surface area contributed by atoms with E-state index in [0.717, 1.165) is 3.79 Å². The number of thiazole rings is 1. The number of carbonyl (C=O) groups is 1. The highest BCUT2D eigenvalue weighted by Crippen LogP contribution is 2.32. The standard InChI is InChI=1S/C10H7BrClN3O2S/c1-17-10(16)8-7(12)4(13)2-5(15-8)9-14-3-6(11)18-9/h2-3H,1H3,(H2,13,15). The first kappa shape index (κ1) is 13.3. The number of hydrogen-bond acceptors (Lipinski definition) is 6. The van der Waals surface area contributed by atoms with Crippen LogP contribution < -0.4 is 5.73 Å². The molecule has 2 aromatic heterocycles. The van der Waals surface area contributed by atoms with Gasteiger partial charge in [-0.1, -0.05) is 11.6 Å². The first-order valence-electron chi connectivity index (χ1n) is 4.69. The van der Waals surface area contributed by atoms with Gasteiger partial charge in [-0.05, 0) is 22.0 Å². The van der Waals surface area contributed by atoms with E-state index >= 15 is 0 Å². The Morgan fingerprint density at radius 3 is 2.89 bits per heavy atom. The van der Waals surface area contributed by atoms with E-state index in [1.807, 2.05) is 0 Å². The van der Waals surface area contributed by atoms with Crippen LogP contribution in [0.15, 0.2) is 16.0 Å². The molecule has 0 atom stereocenters. The fourth-order valence-corrected chi connectivity index (χ4v) is 2.60. The van der Waals surface area contributed by atoms with Crippen molar-refractivity contribution in [2.75, 3.05) is 12.8 Å². The van der Waals surface area contributed by atoms with Crippen molar-refractivity contribution in [3.63, 3.8) is 0 Å². The second-order valence-corrected chi connectivity index (χ2v) is 6.01. The average Bonchev–Trinajstić information content (AvgIpc) is 2.78. The van der Waals surface area contributed by atoms with Crippen LogP contribution in [0.2, 0.25) is 5.02 Å². The van der Waals surface area contributed by atoms with Crippen LogP contribution >= 0.6 is 38.9 Å². The van der Waals surface area contributed by atoms with E-state index in [9.17, 15) is 4.79 Å². The highest BCUT2D eigenvalue weighted by Gasteiger charge is 2.18. The van der Waals surface area contributed by atoms with Gasteiger partial charge in [-0.25, -0.2) is 14.8 Å². The van der Waals surface area contributed by atoms with Crippen molar-refractivity contribution in [3.8, 4) is 10.7 Å². The number of anilines is 1. The van der Waals surface area contributed by atoms with Gasteiger partial charge >= 0.3 is 5.97 Å². The van der Waals surface area contributed by atoms with Crippen molar-refractivity contribution < 1.29 is 9.53 Å². The maximum absolute atomic E-state index is 11.5. The van der Waals surface area contributed by atoms with Crippen LogP contribution in [0.1, 0.15) is 10.5 Å². The number of rotatable bonds is 2. The molecule has 0 radical (unpaired) electrons. The Labute approximate surface area is 120 Å². The van der Waals surface area contributed by atoms with Gasteiger partial charge in [-0.3, -0.25) is 0 Å². The second-order valence-electron chi connectivity index (χ2n) is 3.22. The fourth-order valence-electron chi connectivity index (χ4n) is 1.26. The van der Waals surface area contributed by atoms with Gasteiger partial charge in [0.1, 0.15) is 10.7 Å². The summed E-state index contributed by atoms with van der Waals surface area (Å²) in [5.41, 5.74) is 6.47. The molecule has 0 unspecified atom stereocenters. The summed E-state index contributed by atoms with van der Waals surface area (Å²) in [6, 6.07) is 1.57. The van der Waals surface area contributed by atoms with Gasteiger partial charge in [0, 0.05) is 0 Å². The molecular formula is C10H7BrClN3O2S. The molecule has 0 aliphatic heterocycles. The van der Waals surface area contributed by atoms with E-state index in [1.54, 1.807) is 12.3 Å². The van der Waals surface area contributed by atoms with Crippen LogP contribution in [-0.2, 0) is 4.74 Å². The van der Waals surface area contributed by atoms with Crippen molar-refractivity contribution in [3.05, 3.63) is 26.8 Å². The number of aromatic nitrogens is 2. The van der Waals surface area contributed by atoms with Gasteiger partial charge in [-0.2, -0.15) is 0 Å². The Morgan fingerprint density at radius 2 is 2.33 bits per heavy atom. The van der Waals surface area contributed by atoms with Crippen LogP contribution in [0, 0.1) is 0 Å². The minimum atomic E-state index is -0.635. The summed E-state index contributed by atoms with van der Waals surface area (Å²) in [5.74, 6) is -0.635. The van der Waals surface area contributed by atoms with Gasteiger partial charge in [0.05, 0.1) is 27.8 Å². The normalized spacial score (nSPS) is 10.4. The molecule has 18 heavy (non-hydrogen) atoms. The average molecular weight is 349 g/mol. The van der Waals surface area contributed by atoms with E-state index < -0.39 is 5.97 Å². The van der Waals surface area contributed by atoms with E-state index in [2.05, 4.69) is 30.6 Å². The Kier molecular flexibility index (Phi) is 3.84. The van der Waals surface area contributed by atoms with Gasteiger partial charge in [0.15, 0.2) is 5.69 Å². The molecule has 2 heterocycles. The molecule has 0 aliphatic carbocycles. The van der Waals surface area contributed by atoms with Crippen molar-refractivity contribution >= 4 is 50.5 Å². The zero-order chi connectivity index (χ0) is 13.3. The number of ether oxygens (including phenoxy) is 1. The zero-order valence-electron chi connectivity index (χ0n) is 9.11. The Morgan fingerprint density at radius 1 is 1.61 bits per heavy atom. The summed E-state index contributed by atoms with van der Waals surface area (Å²) in [5, 5.41) is 0.719. The number of nitrogens with two attached hydrogens (primary N) is 1. The van der Waals surface area contributed by atoms with Crippen LogP contribution in [-0.4, -0.2) is 23.0 Å². The maximum Gasteiger partial charge on any atom is 0.358 e. The molecule has 0 saturated carbocycles. The number of carbonyl (C=O) groups excluding carboxylic acids is 1. The third kappa shape index (κ3) is 2.47. The highest BCUT2D eigenvalue weighted by atomic mass is 79.9. The molecule has 0 fully saturated rings. The Balaban J connectivity index is 2.57. The van der Waals surface area contributed by atoms with E-state index in [-0.39, 0.29) is 16.4 Å². The molecule has 0 aromatic carbocycles. The molecule has 5 nitrogen and oxygen atoms in total. The summed E-state index contributed by atoms with van der Waals surface area (Å²) in [6.07, 6.45) is 1.64. The molecule has 0 aliphatic rings. The van der Waals surface area contributed by atoms with Gasteiger partial charge in [0.25, 0.3) is 0 Å². The van der Waals surface area contributed by atoms with Gasteiger partial charge < -0.3 is 10.5 Å². The lowest BCUT2D eigenvalue weighted by atomic mass is 10.2. The van der Waals surface area contributed by atoms with E-state index in [0.29, 0.717) is 10.7 Å². The van der Waals surface area contributed by atoms with Crippen LogP contribution in [0.25, 0.3) is 10.7 Å². The number of halogens is 2. The number of pyridine rings is 1. The molecule has 2 rings (SSSR count). The number of nitrogens with zero attached hydrogens (tertiary/aromatic N) is 2. The summed E-state index contributed by atoms with van der Waals surface area (Å²) in [4.78, 5) is 19.8. The predicted molar refractivity (Wildman–Crippen MR) is 73.8 cm³/mol. The zero-order valence-corrected chi connectivity index (χ0v) is 12.3. The summed E-state index contributed by atoms with van der Waals surface area (Å²) < 4.78 is 5.45. The summed E-state index contributed by atoms with van der Waals surface area (Å²) >= 11 is 10.6. The van der Waals surface area contributed by atoms with Crippen LogP contribution in [0.3, 0.4) is 0 Å². The molecule has 0 spiro atoms. The third-order valence-corrected chi connectivity index (χ3v) is 3.96. The number of nitrogen functional groups attached to an aromatic ring is 1. The largest absolute Gasteiger partial charge is 0.464 e. The lowest BCUT2D eigenvalue weighted by molar-refractivity contribution is 0.0594. The molecule has 0 amide bonds. The van der Waals surface area contributed by atoms with Crippen molar-refractivity contribution in [1.29, 1.82) is 0 Å². The molecular weight excluding hydrogens is 342 g/mol. The number of esters is 1. The Hall–Kier alpha value is -1.18. The molecule has 8 heteroatoms. The molecule has 94 valence electrons. The minimum Gasteiger partial charge on any atom is -0.464 e. The lowest BCUT2D eigenvalue weighted by Gasteiger charge is -2.06. The number of hydrogen-bond donors (Lipinski definition) is 1. The topological polar surface area (TPSA) is 78.1 Å². The monoisotopic (exact) mass is 347 g/mol. The maximum atomic E-state index is 11.5. The van der Waals surface area contributed by atoms with Crippen molar-refractivity contribution in [1.82, 2.24) is 9.97 Å². The van der Waals surface area contributed by atoms with Crippen molar-refractivity contribution in [2.45, 2.75) is 0 Å².